The summed E-state index contributed by atoms with van der Waals surface area (Å²) >= 11 is 0. The Labute approximate surface area is 170 Å². The molecule has 1 N–H and O–H groups in total. The Kier molecular flexibility index (Phi) is 6.00. The highest BCUT2D eigenvalue weighted by Gasteiger charge is 2.28. The van der Waals surface area contributed by atoms with Gasteiger partial charge in [0, 0.05) is 6.20 Å². The van der Waals surface area contributed by atoms with Gasteiger partial charge in [-0.25, -0.2) is 4.39 Å². The Hall–Kier alpha value is -2.99. The number of benzene rings is 2. The van der Waals surface area contributed by atoms with Gasteiger partial charge in [0.15, 0.2) is 0 Å². The number of carbonyl (C=O) groups is 1. The smallest absolute Gasteiger partial charge is 0.246 e. The molecule has 0 bridgehead atoms. The fourth-order valence-electron chi connectivity index (χ4n) is 3.89. The molecule has 1 aromatic heterocycles. The molecule has 0 aliphatic carbocycles. The van der Waals surface area contributed by atoms with Crippen molar-refractivity contribution in [3.05, 3.63) is 83.9 Å². The first-order valence-electron chi connectivity index (χ1n) is 10.1. The van der Waals surface area contributed by atoms with Crippen molar-refractivity contribution in [2.45, 2.75) is 31.8 Å². The van der Waals surface area contributed by atoms with Gasteiger partial charge in [-0.1, -0.05) is 48.9 Å². The average molecular weight is 392 g/mol. The Bertz CT molecular complexity index is 950. The zero-order valence-electron chi connectivity index (χ0n) is 16.3. The fraction of sp³-hybridized carbons (Fsp3) is 0.304. The summed E-state index contributed by atoms with van der Waals surface area (Å²) in [6.07, 6.45) is 6.85. The summed E-state index contributed by atoms with van der Waals surface area (Å²) in [5.74, 6) is -0.321. The lowest BCUT2D eigenvalue weighted by atomic mass is 10.0. The highest BCUT2D eigenvalue weighted by atomic mass is 19.1. The molecule has 0 radical (unpaired) electrons. The second kappa shape index (κ2) is 9.01. The number of anilines is 1. The average Bonchev–Trinajstić information content (AvgIpc) is 3.16. The van der Waals surface area contributed by atoms with Crippen LogP contribution in [0.1, 0.15) is 36.4 Å². The largest absolute Gasteiger partial charge is 0.322 e. The lowest BCUT2D eigenvalue weighted by Gasteiger charge is -2.33. The number of hydrogen-bond acceptors (Lipinski definition) is 3. The van der Waals surface area contributed by atoms with E-state index in [0.29, 0.717) is 12.2 Å². The molecule has 0 saturated carbocycles. The van der Waals surface area contributed by atoms with Crippen LogP contribution in [0.4, 0.5) is 10.1 Å². The van der Waals surface area contributed by atoms with Crippen molar-refractivity contribution >= 4 is 11.6 Å². The maximum Gasteiger partial charge on any atom is 0.246 e. The Morgan fingerprint density at radius 1 is 1.07 bits per heavy atom. The monoisotopic (exact) mass is 392 g/mol. The molecule has 1 unspecified atom stereocenters. The van der Waals surface area contributed by atoms with Crippen LogP contribution in [0.5, 0.6) is 0 Å². The molecule has 5 nitrogen and oxygen atoms in total. The van der Waals surface area contributed by atoms with E-state index in [1.54, 1.807) is 23.1 Å². The van der Waals surface area contributed by atoms with Crippen molar-refractivity contribution in [1.82, 2.24) is 14.7 Å². The van der Waals surface area contributed by atoms with Gasteiger partial charge in [-0.3, -0.25) is 14.4 Å². The molecule has 1 fully saturated rings. The summed E-state index contributed by atoms with van der Waals surface area (Å²) in [4.78, 5) is 15.4. The van der Waals surface area contributed by atoms with E-state index in [1.165, 1.54) is 18.6 Å². The van der Waals surface area contributed by atoms with E-state index in [-0.39, 0.29) is 17.8 Å². The van der Waals surface area contributed by atoms with Crippen LogP contribution in [0, 0.1) is 5.82 Å². The van der Waals surface area contributed by atoms with Gasteiger partial charge in [0.2, 0.25) is 5.91 Å². The molecule has 29 heavy (non-hydrogen) atoms. The van der Waals surface area contributed by atoms with Crippen molar-refractivity contribution in [3.63, 3.8) is 0 Å². The summed E-state index contributed by atoms with van der Waals surface area (Å²) < 4.78 is 15.1. The number of halogens is 1. The third-order valence-electron chi connectivity index (χ3n) is 5.25. The second-order valence-electron chi connectivity index (χ2n) is 7.46. The molecule has 1 saturated heterocycles. The van der Waals surface area contributed by atoms with Crippen LogP contribution >= 0.6 is 0 Å². The molecular formula is C23H25FN4O. The second-order valence-corrected chi connectivity index (χ2v) is 7.46. The molecule has 3 aromatic rings. The quantitative estimate of drug-likeness (QED) is 0.683. The maximum atomic E-state index is 13.4. The molecule has 4 rings (SSSR count). The first-order chi connectivity index (χ1) is 14.2. The zero-order chi connectivity index (χ0) is 20.1. The molecule has 1 amide bonds. The van der Waals surface area contributed by atoms with Crippen LogP contribution in [-0.4, -0.2) is 33.7 Å². The molecule has 1 aliphatic rings. The van der Waals surface area contributed by atoms with Crippen LogP contribution < -0.4 is 5.32 Å². The van der Waals surface area contributed by atoms with E-state index in [0.717, 1.165) is 37.1 Å². The lowest BCUT2D eigenvalue weighted by molar-refractivity contribution is -0.122. The minimum absolute atomic E-state index is 0.0524. The van der Waals surface area contributed by atoms with Crippen molar-refractivity contribution in [3.8, 4) is 0 Å². The van der Waals surface area contributed by atoms with Gasteiger partial charge in [-0.2, -0.15) is 5.10 Å². The standard InChI is InChI=1S/C23H25FN4O/c24-20-11-7-8-18(14-20)16-28-17-21(15-25-28)26-23(29)22(19-9-3-1-4-10-19)27-12-5-2-6-13-27/h1,3-4,7-11,14-15,17,22H,2,5-6,12-13,16H2,(H,26,29). The third kappa shape index (κ3) is 4.90. The van der Waals surface area contributed by atoms with E-state index in [1.807, 2.05) is 36.4 Å². The fourth-order valence-corrected chi connectivity index (χ4v) is 3.89. The van der Waals surface area contributed by atoms with Crippen LogP contribution in [0.25, 0.3) is 0 Å². The predicted octanol–water partition coefficient (Wildman–Crippen LogP) is 4.24. The van der Waals surface area contributed by atoms with Gasteiger partial charge in [-0.15, -0.1) is 0 Å². The number of piperidine rings is 1. The summed E-state index contributed by atoms with van der Waals surface area (Å²) in [7, 11) is 0. The predicted molar refractivity (Wildman–Crippen MR) is 111 cm³/mol. The van der Waals surface area contributed by atoms with Crippen molar-refractivity contribution in [1.29, 1.82) is 0 Å². The Morgan fingerprint density at radius 2 is 1.86 bits per heavy atom. The highest BCUT2D eigenvalue weighted by molar-refractivity contribution is 5.95. The van der Waals surface area contributed by atoms with Gasteiger partial charge >= 0.3 is 0 Å². The van der Waals surface area contributed by atoms with E-state index >= 15 is 0 Å². The summed E-state index contributed by atoms with van der Waals surface area (Å²) in [6.45, 7) is 2.29. The van der Waals surface area contributed by atoms with Crippen molar-refractivity contribution < 1.29 is 9.18 Å². The first-order valence-corrected chi connectivity index (χ1v) is 10.1. The molecule has 1 aliphatic heterocycles. The summed E-state index contributed by atoms with van der Waals surface area (Å²) in [5, 5.41) is 7.32. The van der Waals surface area contributed by atoms with E-state index in [4.69, 9.17) is 0 Å². The van der Waals surface area contributed by atoms with Crippen LogP contribution in [0.15, 0.2) is 67.0 Å². The molecule has 6 heteroatoms. The number of nitrogens with one attached hydrogen (secondary N) is 1. The number of aromatic nitrogens is 2. The summed E-state index contributed by atoms with van der Waals surface area (Å²) in [6, 6.07) is 16.0. The van der Waals surface area contributed by atoms with Crippen LogP contribution in [0.2, 0.25) is 0 Å². The topological polar surface area (TPSA) is 50.2 Å². The molecular weight excluding hydrogens is 367 g/mol. The SMILES string of the molecule is O=C(Nc1cnn(Cc2cccc(F)c2)c1)C(c1ccccc1)N1CCCCC1. The number of amides is 1. The number of nitrogens with zero attached hydrogens (tertiary/aromatic N) is 3. The van der Waals surface area contributed by atoms with Crippen molar-refractivity contribution in [2.24, 2.45) is 0 Å². The Morgan fingerprint density at radius 3 is 2.62 bits per heavy atom. The van der Waals surface area contributed by atoms with Gasteiger partial charge in [-0.05, 0) is 49.2 Å². The van der Waals surface area contributed by atoms with E-state index in [9.17, 15) is 9.18 Å². The van der Waals surface area contributed by atoms with E-state index < -0.39 is 0 Å². The van der Waals surface area contributed by atoms with Crippen molar-refractivity contribution in [2.75, 3.05) is 18.4 Å². The molecule has 1 atom stereocenters. The van der Waals surface area contributed by atoms with Gasteiger partial charge in [0.05, 0.1) is 18.4 Å². The van der Waals surface area contributed by atoms with Gasteiger partial charge in [0.25, 0.3) is 0 Å². The molecule has 150 valence electrons. The van der Waals surface area contributed by atoms with Crippen LogP contribution in [0.3, 0.4) is 0 Å². The minimum Gasteiger partial charge on any atom is -0.322 e. The third-order valence-corrected chi connectivity index (χ3v) is 5.25. The zero-order valence-corrected chi connectivity index (χ0v) is 16.3. The number of rotatable bonds is 6. The number of hydrogen-bond donors (Lipinski definition) is 1. The molecule has 0 spiro atoms. The number of likely N-dealkylation sites (tertiary alicyclic amines) is 1. The van der Waals surface area contributed by atoms with E-state index in [2.05, 4.69) is 15.3 Å². The van der Waals surface area contributed by atoms with Gasteiger partial charge in [0.1, 0.15) is 11.9 Å². The van der Waals surface area contributed by atoms with Gasteiger partial charge < -0.3 is 5.32 Å². The number of carbonyl (C=O) groups excluding carboxylic acids is 1. The Balaban J connectivity index is 1.48. The summed E-state index contributed by atoms with van der Waals surface area (Å²) in [5.41, 5.74) is 2.46. The highest BCUT2D eigenvalue weighted by Crippen LogP contribution is 2.26. The maximum absolute atomic E-state index is 13.4. The normalized spacial score (nSPS) is 15.8. The van der Waals surface area contributed by atoms with Crippen LogP contribution in [-0.2, 0) is 11.3 Å². The molecule has 2 heterocycles. The molecule has 2 aromatic carbocycles. The lowest BCUT2D eigenvalue weighted by Crippen LogP contribution is -2.40. The first kappa shape index (κ1) is 19.3. The minimum atomic E-state index is -0.317.